The van der Waals surface area contributed by atoms with E-state index in [0.717, 1.165) is 11.6 Å². The molecule has 142 valence electrons. The Kier molecular flexibility index (Phi) is 4.22. The molecule has 0 aliphatic carbocycles. The maximum Gasteiger partial charge on any atom is 0.418 e. The van der Waals surface area contributed by atoms with Crippen LogP contribution in [-0.2, 0) is 12.7 Å². The molecule has 0 bridgehead atoms. The van der Waals surface area contributed by atoms with Crippen LogP contribution in [0.1, 0.15) is 11.1 Å². The van der Waals surface area contributed by atoms with Crippen molar-refractivity contribution in [1.82, 2.24) is 9.78 Å². The van der Waals surface area contributed by atoms with Gasteiger partial charge >= 0.3 is 6.18 Å². The van der Waals surface area contributed by atoms with Gasteiger partial charge in [-0.2, -0.15) is 18.3 Å². The monoisotopic (exact) mass is 384 g/mol. The van der Waals surface area contributed by atoms with Crippen molar-refractivity contribution in [3.05, 3.63) is 77.9 Å². The minimum absolute atomic E-state index is 0.0265. The Morgan fingerprint density at radius 2 is 1.61 bits per heavy atom. The number of aromatic hydroxyl groups is 2. The molecule has 0 saturated carbocycles. The highest BCUT2D eigenvalue weighted by atomic mass is 19.4. The molecule has 0 saturated heterocycles. The number of halogens is 3. The van der Waals surface area contributed by atoms with E-state index < -0.39 is 11.7 Å². The van der Waals surface area contributed by atoms with Gasteiger partial charge in [0.05, 0.1) is 17.6 Å². The predicted octanol–water partition coefficient (Wildman–Crippen LogP) is 5.18. The number of para-hydroxylation sites is 1. The van der Waals surface area contributed by atoms with E-state index in [-0.39, 0.29) is 23.6 Å². The molecule has 0 amide bonds. The van der Waals surface area contributed by atoms with E-state index in [1.165, 1.54) is 28.9 Å². The van der Waals surface area contributed by atoms with Gasteiger partial charge in [0, 0.05) is 10.9 Å². The van der Waals surface area contributed by atoms with Gasteiger partial charge in [0.25, 0.3) is 0 Å². The Morgan fingerprint density at radius 1 is 0.857 bits per heavy atom. The first-order chi connectivity index (χ1) is 13.3. The lowest BCUT2D eigenvalue weighted by Gasteiger charge is -2.11. The van der Waals surface area contributed by atoms with Gasteiger partial charge in [0.15, 0.2) is 11.5 Å². The van der Waals surface area contributed by atoms with Gasteiger partial charge in [0.2, 0.25) is 0 Å². The molecule has 0 unspecified atom stereocenters. The molecule has 0 aliphatic rings. The molecule has 0 spiro atoms. The first kappa shape index (κ1) is 17.9. The number of hydrogen-bond acceptors (Lipinski definition) is 3. The minimum Gasteiger partial charge on any atom is -0.504 e. The summed E-state index contributed by atoms with van der Waals surface area (Å²) in [6.45, 7) is 0.161. The zero-order valence-corrected chi connectivity index (χ0v) is 14.5. The molecule has 0 fully saturated rings. The second kappa shape index (κ2) is 6.60. The van der Waals surface area contributed by atoms with Gasteiger partial charge in [-0.05, 0) is 29.8 Å². The zero-order chi connectivity index (χ0) is 19.9. The summed E-state index contributed by atoms with van der Waals surface area (Å²) in [5, 5.41) is 24.1. The van der Waals surface area contributed by atoms with Crippen molar-refractivity contribution in [1.29, 1.82) is 0 Å². The first-order valence-corrected chi connectivity index (χ1v) is 8.47. The Balaban J connectivity index is 1.98. The van der Waals surface area contributed by atoms with Crippen LogP contribution in [-0.4, -0.2) is 20.0 Å². The fourth-order valence-corrected chi connectivity index (χ4v) is 3.22. The van der Waals surface area contributed by atoms with Gasteiger partial charge in [0.1, 0.15) is 5.69 Å². The molecule has 4 rings (SSSR count). The molecule has 3 aromatic carbocycles. The largest absolute Gasteiger partial charge is 0.504 e. The van der Waals surface area contributed by atoms with Crippen molar-refractivity contribution in [3.8, 4) is 22.8 Å². The molecule has 7 heteroatoms. The van der Waals surface area contributed by atoms with E-state index in [4.69, 9.17) is 0 Å². The number of benzene rings is 3. The summed E-state index contributed by atoms with van der Waals surface area (Å²) in [5.74, 6) is -0.678. The molecule has 0 radical (unpaired) electrons. The standard InChI is InChI=1S/C21H15F3N2O2/c22-21(23,24)16-8-4-7-15-19(14-9-10-17(27)18(28)11-14)25-26(20(15)16)12-13-5-2-1-3-6-13/h1-11,27-28H,12H2. The van der Waals surface area contributed by atoms with Gasteiger partial charge in [-0.3, -0.25) is 4.68 Å². The molecule has 4 aromatic rings. The lowest BCUT2D eigenvalue weighted by molar-refractivity contribution is -0.136. The third kappa shape index (κ3) is 3.15. The Bertz CT molecular complexity index is 1150. The smallest absolute Gasteiger partial charge is 0.418 e. The number of alkyl halides is 3. The number of hydrogen-bond donors (Lipinski definition) is 2. The third-order valence-corrected chi connectivity index (χ3v) is 4.50. The van der Waals surface area contributed by atoms with E-state index in [2.05, 4.69) is 5.10 Å². The fraction of sp³-hybridized carbons (Fsp3) is 0.0952. The van der Waals surface area contributed by atoms with E-state index in [1.54, 1.807) is 6.07 Å². The molecule has 28 heavy (non-hydrogen) atoms. The average molecular weight is 384 g/mol. The van der Waals surface area contributed by atoms with E-state index >= 15 is 0 Å². The van der Waals surface area contributed by atoms with Crippen LogP contribution in [0, 0.1) is 0 Å². The van der Waals surface area contributed by atoms with Crippen LogP contribution in [0.3, 0.4) is 0 Å². The van der Waals surface area contributed by atoms with Crippen LogP contribution in [0.5, 0.6) is 11.5 Å². The normalized spacial score (nSPS) is 11.8. The Morgan fingerprint density at radius 3 is 2.29 bits per heavy atom. The van der Waals surface area contributed by atoms with Crippen molar-refractivity contribution in [3.63, 3.8) is 0 Å². The predicted molar refractivity (Wildman–Crippen MR) is 99.0 cm³/mol. The highest BCUT2D eigenvalue weighted by Crippen LogP contribution is 2.39. The van der Waals surface area contributed by atoms with E-state index in [9.17, 15) is 23.4 Å². The molecule has 4 nitrogen and oxygen atoms in total. The number of fused-ring (bicyclic) bond motifs is 1. The van der Waals surface area contributed by atoms with E-state index in [1.807, 2.05) is 30.3 Å². The summed E-state index contributed by atoms with van der Waals surface area (Å²) in [6.07, 6.45) is -4.54. The number of nitrogens with zero attached hydrogens (tertiary/aromatic N) is 2. The molecular weight excluding hydrogens is 369 g/mol. The lowest BCUT2D eigenvalue weighted by Crippen LogP contribution is -2.10. The Labute approximate surface area is 158 Å². The van der Waals surface area contributed by atoms with Crippen molar-refractivity contribution < 1.29 is 23.4 Å². The molecule has 1 heterocycles. The maximum atomic E-state index is 13.7. The topological polar surface area (TPSA) is 58.3 Å². The minimum atomic E-state index is -4.54. The first-order valence-electron chi connectivity index (χ1n) is 8.47. The van der Waals surface area contributed by atoms with Crippen LogP contribution in [0.4, 0.5) is 13.2 Å². The molecule has 1 aromatic heterocycles. The highest BCUT2D eigenvalue weighted by Gasteiger charge is 2.35. The summed E-state index contributed by atoms with van der Waals surface area (Å²) in [6, 6.07) is 17.1. The molecular formula is C21H15F3N2O2. The second-order valence-corrected chi connectivity index (χ2v) is 6.39. The van der Waals surface area contributed by atoms with Crippen LogP contribution >= 0.6 is 0 Å². The molecule has 2 N–H and O–H groups in total. The number of phenolic OH excluding ortho intramolecular Hbond substituents is 2. The number of aromatic nitrogens is 2. The quantitative estimate of drug-likeness (QED) is 0.479. The number of rotatable bonds is 3. The average Bonchev–Trinajstić information content (AvgIpc) is 3.02. The maximum absolute atomic E-state index is 13.7. The summed E-state index contributed by atoms with van der Waals surface area (Å²) in [5.41, 5.74) is 0.715. The van der Waals surface area contributed by atoms with Crippen LogP contribution in [0.15, 0.2) is 66.7 Å². The van der Waals surface area contributed by atoms with Gasteiger partial charge in [-0.15, -0.1) is 0 Å². The number of phenols is 2. The fourth-order valence-electron chi connectivity index (χ4n) is 3.22. The van der Waals surface area contributed by atoms with Crippen LogP contribution in [0.2, 0.25) is 0 Å². The lowest BCUT2D eigenvalue weighted by atomic mass is 10.0. The summed E-state index contributed by atoms with van der Waals surface area (Å²) < 4.78 is 42.3. The second-order valence-electron chi connectivity index (χ2n) is 6.39. The van der Waals surface area contributed by atoms with Gasteiger partial charge < -0.3 is 10.2 Å². The van der Waals surface area contributed by atoms with Gasteiger partial charge in [-0.1, -0.05) is 42.5 Å². The van der Waals surface area contributed by atoms with Gasteiger partial charge in [-0.25, -0.2) is 0 Å². The SMILES string of the molecule is Oc1ccc(-c2nn(Cc3ccccc3)c3c(C(F)(F)F)cccc23)cc1O. The van der Waals surface area contributed by atoms with Crippen LogP contribution in [0.25, 0.3) is 22.2 Å². The zero-order valence-electron chi connectivity index (χ0n) is 14.5. The van der Waals surface area contributed by atoms with Crippen molar-refractivity contribution in [2.75, 3.05) is 0 Å². The molecule has 0 atom stereocenters. The molecule has 0 aliphatic heterocycles. The van der Waals surface area contributed by atoms with Crippen LogP contribution < -0.4 is 0 Å². The summed E-state index contributed by atoms with van der Waals surface area (Å²) >= 11 is 0. The summed E-state index contributed by atoms with van der Waals surface area (Å²) in [7, 11) is 0. The van der Waals surface area contributed by atoms with Crippen molar-refractivity contribution in [2.45, 2.75) is 12.7 Å². The summed E-state index contributed by atoms with van der Waals surface area (Å²) in [4.78, 5) is 0. The Hall–Kier alpha value is -3.48. The van der Waals surface area contributed by atoms with E-state index in [0.29, 0.717) is 16.6 Å². The highest BCUT2D eigenvalue weighted by molar-refractivity contribution is 5.95. The van der Waals surface area contributed by atoms with Crippen molar-refractivity contribution >= 4 is 10.9 Å². The van der Waals surface area contributed by atoms with Crippen molar-refractivity contribution in [2.24, 2.45) is 0 Å². The third-order valence-electron chi connectivity index (χ3n) is 4.50.